The molecule has 7 nitrogen and oxygen atoms in total. The third kappa shape index (κ3) is 4.41. The molecule has 0 saturated carbocycles. The maximum absolute atomic E-state index is 14.2. The summed E-state index contributed by atoms with van der Waals surface area (Å²) in [6.07, 6.45) is -6.36. The van der Waals surface area contributed by atoms with Gasteiger partial charge in [0.2, 0.25) is 0 Å². The highest BCUT2D eigenvalue weighted by molar-refractivity contribution is 6.06. The van der Waals surface area contributed by atoms with Gasteiger partial charge in [-0.25, -0.2) is 9.48 Å². The van der Waals surface area contributed by atoms with Crippen LogP contribution in [0.4, 0.5) is 32.0 Å². The molecule has 0 fully saturated rings. The van der Waals surface area contributed by atoms with E-state index in [1.165, 1.54) is 30.5 Å². The zero-order valence-corrected chi connectivity index (χ0v) is 17.5. The van der Waals surface area contributed by atoms with Crippen molar-refractivity contribution in [1.29, 1.82) is 0 Å². The van der Waals surface area contributed by atoms with Crippen LogP contribution in [0.2, 0.25) is 0 Å². The van der Waals surface area contributed by atoms with Gasteiger partial charge in [-0.2, -0.15) is 31.4 Å². The summed E-state index contributed by atoms with van der Waals surface area (Å²) in [5.41, 5.74) is -3.94. The highest BCUT2D eigenvalue weighted by Gasteiger charge is 2.42. The van der Waals surface area contributed by atoms with E-state index in [4.69, 9.17) is 0 Å². The summed E-state index contributed by atoms with van der Waals surface area (Å²) in [6, 6.07) is 5.73. The van der Waals surface area contributed by atoms with E-state index < -0.39 is 40.9 Å². The Hall–Kier alpha value is -4.38. The number of hydrogen-bond acceptors (Lipinski definition) is 5. The van der Waals surface area contributed by atoms with Crippen LogP contribution in [0.5, 0.6) is 0 Å². The first-order valence-electron chi connectivity index (χ1n) is 9.75. The Bertz CT molecular complexity index is 1410. The van der Waals surface area contributed by atoms with Crippen LogP contribution in [0, 0.1) is 6.92 Å². The third-order valence-corrected chi connectivity index (χ3v) is 5.02. The second-order valence-corrected chi connectivity index (χ2v) is 7.29. The van der Waals surface area contributed by atoms with Gasteiger partial charge in [-0.1, -0.05) is 12.1 Å². The Kier molecular flexibility index (Phi) is 5.73. The number of nitrogens with zero attached hydrogens (tertiary/aromatic N) is 3. The third-order valence-electron chi connectivity index (χ3n) is 5.02. The number of halogens is 6. The molecule has 0 radical (unpaired) electrons. The molecule has 0 saturated heterocycles. The summed E-state index contributed by atoms with van der Waals surface area (Å²) in [4.78, 5) is 27.2. The van der Waals surface area contributed by atoms with Crippen LogP contribution in [-0.2, 0) is 17.1 Å². The Labute approximate surface area is 192 Å². The maximum atomic E-state index is 14.2. The number of carbonyl (C=O) groups is 1. The number of hydrogen-bond donors (Lipinski definition) is 2. The minimum absolute atomic E-state index is 0.00194. The minimum Gasteiger partial charge on any atom is -0.352 e. The molecule has 4 rings (SSSR count). The normalized spacial score (nSPS) is 13.2. The Morgan fingerprint density at radius 3 is 2.51 bits per heavy atom. The van der Waals surface area contributed by atoms with E-state index in [9.17, 15) is 35.9 Å². The van der Waals surface area contributed by atoms with Crippen LogP contribution in [0.3, 0.4) is 0 Å². The van der Waals surface area contributed by atoms with Crippen molar-refractivity contribution >= 4 is 29.3 Å². The fourth-order valence-corrected chi connectivity index (χ4v) is 3.59. The first-order valence-corrected chi connectivity index (χ1v) is 9.75. The smallest absolute Gasteiger partial charge is 0.352 e. The molecule has 1 aliphatic rings. The SMILES string of the molecule is Cc1nn(-c2cccc3c2C=CNC3=C=O)c(C(F)(F)F)c1C(=O)Nc1ccnc(C(F)(F)F)c1. The van der Waals surface area contributed by atoms with Crippen LogP contribution in [0.1, 0.15) is 38.6 Å². The summed E-state index contributed by atoms with van der Waals surface area (Å²) in [5, 5.41) is 8.60. The van der Waals surface area contributed by atoms with E-state index in [0.29, 0.717) is 10.7 Å². The zero-order valence-electron chi connectivity index (χ0n) is 17.5. The average Bonchev–Trinajstić information content (AvgIpc) is 3.15. The van der Waals surface area contributed by atoms with Crippen molar-refractivity contribution in [3.05, 3.63) is 76.5 Å². The molecule has 0 unspecified atom stereocenters. The lowest BCUT2D eigenvalue weighted by Crippen LogP contribution is -2.22. The molecular formula is C22H13F6N5O2. The Balaban J connectivity index is 1.84. The molecule has 3 heterocycles. The molecule has 0 spiro atoms. The lowest BCUT2D eigenvalue weighted by Gasteiger charge is -2.19. The van der Waals surface area contributed by atoms with Crippen molar-refractivity contribution in [3.8, 4) is 5.69 Å². The van der Waals surface area contributed by atoms with Gasteiger partial charge in [0.1, 0.15) is 11.4 Å². The van der Waals surface area contributed by atoms with Crippen molar-refractivity contribution < 1.29 is 35.9 Å². The van der Waals surface area contributed by atoms with Gasteiger partial charge in [0.15, 0.2) is 11.6 Å². The van der Waals surface area contributed by atoms with E-state index in [1.807, 2.05) is 0 Å². The number of alkyl halides is 6. The number of aromatic nitrogens is 3. The number of amides is 1. The summed E-state index contributed by atoms with van der Waals surface area (Å²) >= 11 is 0. The molecule has 2 aromatic heterocycles. The summed E-state index contributed by atoms with van der Waals surface area (Å²) in [6.45, 7) is 1.16. The van der Waals surface area contributed by atoms with Crippen LogP contribution in [-0.4, -0.2) is 26.6 Å². The van der Waals surface area contributed by atoms with Gasteiger partial charge in [-0.05, 0) is 31.2 Å². The molecule has 1 aliphatic heterocycles. The number of rotatable bonds is 3. The molecule has 35 heavy (non-hydrogen) atoms. The van der Waals surface area contributed by atoms with E-state index in [-0.39, 0.29) is 28.2 Å². The number of anilines is 1. The molecule has 13 heteroatoms. The van der Waals surface area contributed by atoms with Crippen LogP contribution in [0.15, 0.2) is 42.7 Å². The number of fused-ring (bicyclic) bond motifs is 1. The minimum atomic E-state index is -5.08. The van der Waals surface area contributed by atoms with Crippen molar-refractivity contribution in [2.24, 2.45) is 0 Å². The molecule has 0 bridgehead atoms. The predicted octanol–water partition coefficient (Wildman–Crippen LogP) is 4.61. The largest absolute Gasteiger partial charge is 0.434 e. The summed E-state index contributed by atoms with van der Waals surface area (Å²) in [7, 11) is 0. The molecule has 0 atom stereocenters. The first-order chi connectivity index (χ1) is 16.4. The molecule has 1 aromatic carbocycles. The Morgan fingerprint density at radius 1 is 1.11 bits per heavy atom. The molecule has 3 aromatic rings. The van der Waals surface area contributed by atoms with Gasteiger partial charge < -0.3 is 10.6 Å². The Morgan fingerprint density at radius 2 is 1.86 bits per heavy atom. The van der Waals surface area contributed by atoms with Crippen molar-refractivity contribution in [3.63, 3.8) is 0 Å². The summed E-state index contributed by atoms with van der Waals surface area (Å²) in [5.74, 6) is 0.355. The van der Waals surface area contributed by atoms with Crippen molar-refractivity contribution in [1.82, 2.24) is 20.1 Å². The number of benzene rings is 1. The fourth-order valence-electron chi connectivity index (χ4n) is 3.59. The quantitative estimate of drug-likeness (QED) is 0.411. The summed E-state index contributed by atoms with van der Waals surface area (Å²) < 4.78 is 81.9. The first kappa shape index (κ1) is 23.8. The molecule has 1 amide bonds. The number of carbonyl (C=O) groups excluding carboxylic acids is 2. The highest BCUT2D eigenvalue weighted by Crippen LogP contribution is 2.38. The monoisotopic (exact) mass is 493 g/mol. The second-order valence-electron chi connectivity index (χ2n) is 7.29. The highest BCUT2D eigenvalue weighted by atomic mass is 19.4. The number of nitrogens with one attached hydrogen (secondary N) is 2. The lowest BCUT2D eigenvalue weighted by molar-refractivity contribution is -0.143. The fraction of sp³-hybridized carbons (Fsp3) is 0.136. The molecule has 180 valence electrons. The number of pyridine rings is 1. The van der Waals surface area contributed by atoms with Gasteiger partial charge in [-0.15, -0.1) is 0 Å². The van der Waals surface area contributed by atoms with Crippen LogP contribution >= 0.6 is 0 Å². The average molecular weight is 493 g/mol. The molecule has 0 aliphatic carbocycles. The van der Waals surface area contributed by atoms with Crippen molar-refractivity contribution in [2.45, 2.75) is 19.3 Å². The molecular weight excluding hydrogens is 480 g/mol. The van der Waals surface area contributed by atoms with Gasteiger partial charge in [-0.3, -0.25) is 9.78 Å². The number of aryl methyl sites for hydroxylation is 1. The van der Waals surface area contributed by atoms with Gasteiger partial charge in [0.25, 0.3) is 5.91 Å². The van der Waals surface area contributed by atoms with E-state index >= 15 is 0 Å². The standard InChI is InChI=1S/C22H13F6N5O2/c1-11-18(20(35)31-12-5-7-30-17(9-12)21(23,24)25)19(22(26,27)28)33(32-11)16-4-2-3-13-14(16)6-8-29-15(13)10-34/h2-9,29H,1H3,(H,30,31,35). The van der Waals surface area contributed by atoms with Gasteiger partial charge in [0, 0.05) is 29.2 Å². The van der Waals surface area contributed by atoms with Gasteiger partial charge in [0.05, 0.1) is 16.9 Å². The molecule has 2 N–H and O–H groups in total. The predicted molar refractivity (Wildman–Crippen MR) is 112 cm³/mol. The topological polar surface area (TPSA) is 88.9 Å². The van der Waals surface area contributed by atoms with Gasteiger partial charge >= 0.3 is 12.4 Å². The van der Waals surface area contributed by atoms with Crippen LogP contribution < -0.4 is 10.6 Å². The lowest BCUT2D eigenvalue weighted by atomic mass is 10.0. The van der Waals surface area contributed by atoms with E-state index in [0.717, 1.165) is 19.2 Å². The van der Waals surface area contributed by atoms with Crippen LogP contribution in [0.25, 0.3) is 17.5 Å². The second kappa shape index (κ2) is 8.44. The van der Waals surface area contributed by atoms with E-state index in [1.54, 1.807) is 5.94 Å². The van der Waals surface area contributed by atoms with E-state index in [2.05, 4.69) is 20.7 Å². The maximum Gasteiger partial charge on any atom is 0.434 e. The van der Waals surface area contributed by atoms with Crippen molar-refractivity contribution in [2.75, 3.05) is 5.32 Å². The zero-order chi connectivity index (χ0) is 25.5.